The van der Waals surface area contributed by atoms with Crippen LogP contribution in [0, 0.1) is 0 Å². The van der Waals surface area contributed by atoms with E-state index in [9.17, 15) is 25.9 Å². The molecule has 0 N–H and O–H groups in total. The Morgan fingerprint density at radius 2 is 0.636 bits per heavy atom. The van der Waals surface area contributed by atoms with Gasteiger partial charge in [-0.15, -0.1) is 0 Å². The zero-order chi connectivity index (χ0) is 39.1. The minimum atomic E-state index is -4.40. The summed E-state index contributed by atoms with van der Waals surface area (Å²) in [4.78, 5) is -0.302. The van der Waals surface area contributed by atoms with Gasteiger partial charge in [0.25, 0.3) is 0 Å². The second kappa shape index (κ2) is 28.0. The van der Waals surface area contributed by atoms with Crippen LogP contribution in [0.4, 0.5) is 0 Å². The molecule has 0 amide bonds. The van der Waals surface area contributed by atoms with Crippen LogP contribution in [0.5, 0.6) is 0 Å². The van der Waals surface area contributed by atoms with Crippen LogP contribution in [0.15, 0.2) is 82.6 Å². The Morgan fingerprint density at radius 3 is 0.927 bits per heavy atom. The minimum absolute atomic E-state index is 0. The van der Waals surface area contributed by atoms with Gasteiger partial charge < -0.3 is 9.11 Å². The average molecular weight is 819 g/mol. The molecule has 0 aliphatic carbocycles. The van der Waals surface area contributed by atoms with Crippen LogP contribution in [-0.4, -0.2) is 63.7 Å². The Kier molecular flexibility index (Phi) is 25.3. The number of rotatable bonds is 26. The summed E-state index contributed by atoms with van der Waals surface area (Å²) < 4.78 is 67.1. The van der Waals surface area contributed by atoms with E-state index in [1.807, 2.05) is 24.3 Å². The molecule has 0 saturated heterocycles. The molecule has 0 saturated carbocycles. The number of benzene rings is 4. The van der Waals surface area contributed by atoms with Gasteiger partial charge in [0.2, 0.25) is 0 Å². The quantitative estimate of drug-likeness (QED) is 0.0354. The Bertz CT molecular complexity index is 1740. The molecule has 4 aromatic rings. The third kappa shape index (κ3) is 20.6. The molecule has 0 aromatic heterocycles. The summed E-state index contributed by atoms with van der Waals surface area (Å²) in [5, 5.41) is 3.58. The van der Waals surface area contributed by atoms with E-state index in [2.05, 4.69) is 26.0 Å². The van der Waals surface area contributed by atoms with Gasteiger partial charge in [-0.1, -0.05) is 191 Å². The van der Waals surface area contributed by atoms with E-state index in [0.717, 1.165) is 47.2 Å². The van der Waals surface area contributed by atoms with E-state index in [0.29, 0.717) is 0 Å². The average Bonchev–Trinajstić information content (AvgIpc) is 3.15. The minimum Gasteiger partial charge on any atom is -0.744 e. The first-order valence-electron chi connectivity index (χ1n) is 21.0. The maximum atomic E-state index is 11.2. The summed E-state index contributed by atoms with van der Waals surface area (Å²) in [6, 6.07) is 21.4. The standard InChI is InChI=1S/2C23H34O3S.Ca/c2*1-2-3-4-5-6-7-8-9-10-11-12-13-20-14-15-21-16-17-23(27(24,25)26)19-22(21)18-20;/h2*14-19H,2-13H2,1H3,(H,24,25,26);/q;;+2/p-2. The van der Waals surface area contributed by atoms with Gasteiger partial charge in [0.15, 0.2) is 0 Å². The van der Waals surface area contributed by atoms with Gasteiger partial charge in [0, 0.05) is 0 Å². The maximum absolute atomic E-state index is 11.2. The summed E-state index contributed by atoms with van der Waals surface area (Å²) in [5.41, 5.74) is 2.41. The normalized spacial score (nSPS) is 11.7. The smallest absolute Gasteiger partial charge is 0.744 e. The molecule has 300 valence electrons. The predicted molar refractivity (Wildman–Crippen MR) is 230 cm³/mol. The van der Waals surface area contributed by atoms with Crippen LogP contribution in [-0.2, 0) is 33.1 Å². The number of fused-ring (bicyclic) bond motifs is 2. The third-order valence-corrected chi connectivity index (χ3v) is 12.1. The fraction of sp³-hybridized carbons (Fsp3) is 0.565. The van der Waals surface area contributed by atoms with E-state index >= 15 is 0 Å². The molecule has 0 spiro atoms. The molecule has 0 heterocycles. The van der Waals surface area contributed by atoms with Crippen molar-refractivity contribution in [1.29, 1.82) is 0 Å². The molecule has 4 rings (SSSR count). The molecular formula is C46H66CaO6S2. The van der Waals surface area contributed by atoms with Crippen LogP contribution in [0.25, 0.3) is 21.5 Å². The third-order valence-electron chi connectivity index (χ3n) is 10.5. The van der Waals surface area contributed by atoms with Gasteiger partial charge >= 0.3 is 37.7 Å². The Morgan fingerprint density at radius 1 is 0.364 bits per heavy atom. The monoisotopic (exact) mass is 818 g/mol. The first kappa shape index (κ1) is 49.6. The summed E-state index contributed by atoms with van der Waals surface area (Å²) in [6.07, 6.45) is 31.2. The number of hydrogen-bond donors (Lipinski definition) is 0. The van der Waals surface area contributed by atoms with Crippen molar-refractivity contribution in [1.82, 2.24) is 0 Å². The van der Waals surface area contributed by atoms with Crippen molar-refractivity contribution >= 4 is 79.5 Å². The van der Waals surface area contributed by atoms with Gasteiger partial charge in [0.1, 0.15) is 20.2 Å². The zero-order valence-electron chi connectivity index (χ0n) is 33.9. The topological polar surface area (TPSA) is 114 Å². The van der Waals surface area contributed by atoms with E-state index in [1.54, 1.807) is 12.1 Å². The van der Waals surface area contributed by atoms with E-state index in [-0.39, 0.29) is 47.5 Å². The Balaban J connectivity index is 0.000000373. The van der Waals surface area contributed by atoms with Gasteiger partial charge in [-0.2, -0.15) is 0 Å². The van der Waals surface area contributed by atoms with Crippen molar-refractivity contribution in [3.05, 3.63) is 83.9 Å². The summed E-state index contributed by atoms with van der Waals surface area (Å²) in [5.74, 6) is 0. The molecule has 0 atom stereocenters. The van der Waals surface area contributed by atoms with Crippen molar-refractivity contribution in [2.75, 3.05) is 0 Å². The van der Waals surface area contributed by atoms with Crippen LogP contribution in [0.3, 0.4) is 0 Å². The largest absolute Gasteiger partial charge is 2.00 e. The molecule has 4 aromatic carbocycles. The van der Waals surface area contributed by atoms with Crippen LogP contribution < -0.4 is 0 Å². The first-order chi connectivity index (χ1) is 26.0. The summed E-state index contributed by atoms with van der Waals surface area (Å²) in [6.45, 7) is 4.51. The van der Waals surface area contributed by atoms with Crippen LogP contribution in [0.1, 0.15) is 166 Å². The first-order valence-corrected chi connectivity index (χ1v) is 23.8. The summed E-state index contributed by atoms with van der Waals surface area (Å²) >= 11 is 0. The molecule has 0 unspecified atom stereocenters. The van der Waals surface area contributed by atoms with Gasteiger partial charge in [-0.25, -0.2) is 16.8 Å². The molecule has 0 bridgehead atoms. The fourth-order valence-corrected chi connectivity index (χ4v) is 8.17. The molecule has 0 radical (unpaired) electrons. The van der Waals surface area contributed by atoms with E-state index in [4.69, 9.17) is 0 Å². The molecule has 0 aliphatic heterocycles. The van der Waals surface area contributed by atoms with Crippen molar-refractivity contribution in [2.45, 2.75) is 178 Å². The van der Waals surface area contributed by atoms with E-state index < -0.39 is 20.2 Å². The Hall–Kier alpha value is -1.52. The number of hydrogen-bond acceptors (Lipinski definition) is 6. The fourth-order valence-electron chi connectivity index (χ4n) is 7.16. The van der Waals surface area contributed by atoms with E-state index in [1.165, 1.54) is 164 Å². The molecule has 6 nitrogen and oxygen atoms in total. The Labute approximate surface area is 364 Å². The number of unbranched alkanes of at least 4 members (excludes halogenated alkanes) is 20. The van der Waals surface area contributed by atoms with Gasteiger partial charge in [0.05, 0.1) is 9.79 Å². The van der Waals surface area contributed by atoms with Crippen molar-refractivity contribution in [3.63, 3.8) is 0 Å². The SMILES string of the molecule is CCCCCCCCCCCCCc1ccc2ccc(S(=O)(=O)[O-])cc2c1.CCCCCCCCCCCCCc1ccc2ccc(S(=O)(=O)[O-])cc2c1.[Ca+2]. The molecule has 0 aliphatic rings. The molecule has 9 heteroatoms. The van der Waals surface area contributed by atoms with Crippen LogP contribution >= 0.6 is 0 Å². The predicted octanol–water partition coefficient (Wildman–Crippen LogP) is 12.8. The zero-order valence-corrected chi connectivity index (χ0v) is 37.7. The van der Waals surface area contributed by atoms with Gasteiger partial charge in [-0.3, -0.25) is 0 Å². The number of aryl methyl sites for hydroxylation is 2. The van der Waals surface area contributed by atoms with Crippen molar-refractivity contribution < 1.29 is 25.9 Å². The second-order valence-corrected chi connectivity index (χ2v) is 17.9. The molecule has 55 heavy (non-hydrogen) atoms. The summed E-state index contributed by atoms with van der Waals surface area (Å²) in [7, 11) is -8.79. The van der Waals surface area contributed by atoms with Crippen molar-refractivity contribution in [3.8, 4) is 0 Å². The molecular weight excluding hydrogens is 753 g/mol. The molecule has 0 fully saturated rings. The van der Waals surface area contributed by atoms with Crippen LogP contribution in [0.2, 0.25) is 0 Å². The van der Waals surface area contributed by atoms with Crippen molar-refractivity contribution in [2.24, 2.45) is 0 Å². The second-order valence-electron chi connectivity index (χ2n) is 15.2. The maximum Gasteiger partial charge on any atom is 2.00 e. The van der Waals surface area contributed by atoms with Gasteiger partial charge in [-0.05, 0) is 82.6 Å².